The molecule has 0 unspecified atom stereocenters. The predicted octanol–water partition coefficient (Wildman–Crippen LogP) is 6.91. The second-order valence-electron chi connectivity index (χ2n) is 12.8. The summed E-state index contributed by atoms with van der Waals surface area (Å²) in [6.45, 7) is 0. The minimum absolute atomic E-state index is 0.0995. The van der Waals surface area contributed by atoms with Crippen molar-refractivity contribution in [3.05, 3.63) is 108 Å². The van der Waals surface area contributed by atoms with Gasteiger partial charge in [0.2, 0.25) is 0 Å². The predicted molar refractivity (Wildman–Crippen MR) is 192 cm³/mol. The largest absolute Gasteiger partial charge is 0.294 e. The van der Waals surface area contributed by atoms with Gasteiger partial charge in [0, 0.05) is 24.0 Å². The van der Waals surface area contributed by atoms with Crippen LogP contribution in [0.25, 0.3) is 21.5 Å². The Morgan fingerprint density at radius 3 is 1.35 bits per heavy atom. The molecule has 0 aliphatic carbocycles. The van der Waals surface area contributed by atoms with Crippen LogP contribution < -0.4 is 0 Å². The maximum absolute atomic E-state index is 13.2. The molecule has 2 aliphatic rings. The van der Waals surface area contributed by atoms with Gasteiger partial charge in [-0.05, 0) is 46.5 Å². The lowest BCUT2D eigenvalue weighted by Crippen LogP contribution is -2.21. The van der Waals surface area contributed by atoms with Gasteiger partial charge in [-0.15, -0.1) is 20.4 Å². The summed E-state index contributed by atoms with van der Waals surface area (Å²) >= 11 is 0. The van der Waals surface area contributed by atoms with Crippen molar-refractivity contribution >= 4 is 68.2 Å². The lowest BCUT2D eigenvalue weighted by molar-refractivity contribution is 0.0962. The molecule has 0 bridgehead atoms. The molecule has 0 atom stereocenters. The highest BCUT2D eigenvalue weighted by Crippen LogP contribution is 2.25. The molecule has 8 rings (SSSR count). The Morgan fingerprint density at radius 1 is 0.490 bits per heavy atom. The second kappa shape index (κ2) is 13.5. The quantitative estimate of drug-likeness (QED) is 0.0891. The zero-order valence-electron chi connectivity index (χ0n) is 27.7. The molecule has 6 aromatic rings. The van der Waals surface area contributed by atoms with E-state index in [2.05, 4.69) is 30.4 Å². The maximum Gasteiger partial charge on any atom is 0.281 e. The Morgan fingerprint density at radius 2 is 0.902 bits per heavy atom. The maximum atomic E-state index is 13.2. The van der Waals surface area contributed by atoms with Crippen molar-refractivity contribution in [2.45, 2.75) is 57.8 Å². The lowest BCUT2D eigenvalue weighted by Gasteiger charge is -2.05. The topological polar surface area (TPSA) is 154 Å². The number of fused-ring (bicyclic) bond motifs is 4. The van der Waals surface area contributed by atoms with Gasteiger partial charge >= 0.3 is 0 Å². The Hall–Kier alpha value is -6.30. The molecule has 0 fully saturated rings. The molecule has 0 N–H and O–H groups in total. The number of carbonyl (C=O) groups excluding carboxylic acids is 4. The van der Waals surface area contributed by atoms with Gasteiger partial charge in [-0.3, -0.25) is 19.2 Å². The van der Waals surface area contributed by atoms with Crippen molar-refractivity contribution in [2.24, 2.45) is 9.98 Å². The second-order valence-corrected chi connectivity index (χ2v) is 12.8. The third kappa shape index (κ3) is 6.31. The van der Waals surface area contributed by atoms with E-state index in [0.29, 0.717) is 35.6 Å². The third-order valence-electron chi connectivity index (χ3n) is 9.40. The van der Waals surface area contributed by atoms with Gasteiger partial charge in [0.15, 0.2) is 11.6 Å². The van der Waals surface area contributed by atoms with Crippen molar-refractivity contribution in [2.75, 3.05) is 0 Å². The van der Waals surface area contributed by atoms with Gasteiger partial charge in [-0.2, -0.15) is 0 Å². The number of aromatic nitrogens is 6. The Labute approximate surface area is 292 Å². The first-order valence-electron chi connectivity index (χ1n) is 17.1. The molecule has 51 heavy (non-hydrogen) atoms. The first-order chi connectivity index (χ1) is 24.9. The van der Waals surface area contributed by atoms with Crippen LogP contribution in [0.4, 0.5) is 11.9 Å². The zero-order valence-corrected chi connectivity index (χ0v) is 27.7. The van der Waals surface area contributed by atoms with Gasteiger partial charge < -0.3 is 0 Å². The van der Waals surface area contributed by atoms with Gasteiger partial charge in [-0.1, -0.05) is 92.1 Å². The summed E-state index contributed by atoms with van der Waals surface area (Å²) in [5.74, 6) is 0.481. The van der Waals surface area contributed by atoms with Crippen LogP contribution in [0.1, 0.15) is 86.9 Å². The van der Waals surface area contributed by atoms with E-state index in [1.54, 1.807) is 12.1 Å². The molecule has 0 spiro atoms. The van der Waals surface area contributed by atoms with Crippen LogP contribution in [0.15, 0.2) is 94.9 Å². The van der Waals surface area contributed by atoms with E-state index >= 15 is 0 Å². The molecular formula is C39H32N8O4. The number of Topliss-reactive ketones (excluding diaryl/α,β-unsaturated/α-hetero) is 2. The number of benzene rings is 4. The fourth-order valence-electron chi connectivity index (χ4n) is 6.65. The molecule has 12 nitrogen and oxygen atoms in total. The number of nitrogens with zero attached hydrogens (tertiary/aromatic N) is 8. The Bertz CT molecular complexity index is 2280. The van der Waals surface area contributed by atoms with E-state index in [4.69, 9.17) is 0 Å². The summed E-state index contributed by atoms with van der Waals surface area (Å²) in [6, 6.07) is 26.6. The van der Waals surface area contributed by atoms with Crippen LogP contribution in [0.5, 0.6) is 0 Å². The number of ketones is 2. The highest BCUT2D eigenvalue weighted by atomic mass is 16.2. The molecule has 0 radical (unpaired) electrons. The summed E-state index contributed by atoms with van der Waals surface area (Å²) in [5.41, 5.74) is 1.42. The minimum atomic E-state index is -0.347. The highest BCUT2D eigenvalue weighted by molar-refractivity contribution is 6.46. The van der Waals surface area contributed by atoms with Crippen molar-refractivity contribution in [3.8, 4) is 0 Å². The SMILES string of the molecule is O=C(CC1=Nc2nnc(CCCCCCCc3nnc4n3C(=O)C(CC(=O)c3ccc5ccccc5c3)=N4)n2C1=O)c1ccc2ccccc2c1. The smallest absolute Gasteiger partial charge is 0.281 e. The van der Waals surface area contributed by atoms with Gasteiger partial charge in [0.1, 0.15) is 23.1 Å². The molecule has 2 aromatic heterocycles. The van der Waals surface area contributed by atoms with Crippen LogP contribution in [0.2, 0.25) is 0 Å². The fourth-order valence-corrected chi connectivity index (χ4v) is 6.65. The molecule has 2 aliphatic heterocycles. The monoisotopic (exact) mass is 676 g/mol. The number of hydrogen-bond acceptors (Lipinski definition) is 10. The van der Waals surface area contributed by atoms with E-state index < -0.39 is 0 Å². The van der Waals surface area contributed by atoms with Crippen molar-refractivity contribution < 1.29 is 19.2 Å². The third-order valence-corrected chi connectivity index (χ3v) is 9.40. The van der Waals surface area contributed by atoms with Crippen LogP contribution in [0, 0.1) is 0 Å². The van der Waals surface area contributed by atoms with Gasteiger partial charge in [0.05, 0.1) is 12.8 Å². The standard InChI is InChI=1S/C39H32N8O4/c48-32(28-18-16-24-10-6-8-12-26(24)20-28)22-30-36(50)46-34(42-44-38(46)40-30)14-4-2-1-3-5-15-35-43-45-39-41-31(37(51)47(35)39)23-33(49)29-19-17-25-11-7-9-13-27(25)21-29/h6-13,16-21H,1-5,14-15,22-23H2. The molecule has 12 heteroatoms. The molecule has 0 amide bonds. The molecule has 252 valence electrons. The number of hydrogen-bond donors (Lipinski definition) is 0. The molecule has 4 heterocycles. The number of carbonyl (C=O) groups is 4. The fraction of sp³-hybridized carbons (Fsp3) is 0.231. The normalized spacial score (nSPS) is 13.5. The van der Waals surface area contributed by atoms with Gasteiger partial charge in [-0.25, -0.2) is 19.1 Å². The Kier molecular flexibility index (Phi) is 8.48. The number of unbranched alkanes of at least 4 members (excludes halogenated alkanes) is 4. The summed E-state index contributed by atoms with van der Waals surface area (Å²) in [5, 5.41) is 20.5. The number of aliphatic imine (C=N–C) groups is 2. The highest BCUT2D eigenvalue weighted by Gasteiger charge is 2.32. The minimum Gasteiger partial charge on any atom is -0.294 e. The van der Waals surface area contributed by atoms with Crippen LogP contribution in [0.3, 0.4) is 0 Å². The average Bonchev–Trinajstić information content (AvgIpc) is 3.90. The molecule has 4 aromatic carbocycles. The van der Waals surface area contributed by atoms with E-state index in [1.807, 2.05) is 72.8 Å². The summed E-state index contributed by atoms with van der Waals surface area (Å²) < 4.78 is 2.83. The summed E-state index contributed by atoms with van der Waals surface area (Å²) in [4.78, 5) is 61.0. The molecule has 0 saturated heterocycles. The van der Waals surface area contributed by atoms with Crippen molar-refractivity contribution in [1.82, 2.24) is 29.5 Å². The van der Waals surface area contributed by atoms with E-state index in [0.717, 1.165) is 53.6 Å². The van der Waals surface area contributed by atoms with E-state index in [-0.39, 0.29) is 59.5 Å². The summed E-state index contributed by atoms with van der Waals surface area (Å²) in [6.07, 6.45) is 5.28. The first kappa shape index (κ1) is 31.9. The lowest BCUT2D eigenvalue weighted by atomic mass is 10.0. The van der Waals surface area contributed by atoms with E-state index in [9.17, 15) is 19.2 Å². The van der Waals surface area contributed by atoms with Crippen molar-refractivity contribution in [3.63, 3.8) is 0 Å². The summed E-state index contributed by atoms with van der Waals surface area (Å²) in [7, 11) is 0. The number of rotatable bonds is 14. The molecule has 0 saturated carbocycles. The number of aryl methyl sites for hydroxylation is 2. The van der Waals surface area contributed by atoms with Crippen LogP contribution >= 0.6 is 0 Å². The average molecular weight is 677 g/mol. The van der Waals surface area contributed by atoms with E-state index in [1.165, 1.54) is 9.13 Å². The molecular weight excluding hydrogens is 644 g/mol. The van der Waals surface area contributed by atoms with Gasteiger partial charge in [0.25, 0.3) is 23.7 Å². The Balaban J connectivity index is 0.776. The zero-order chi connectivity index (χ0) is 34.9. The van der Waals surface area contributed by atoms with Crippen LogP contribution in [-0.4, -0.2) is 64.3 Å². The van der Waals surface area contributed by atoms with Crippen LogP contribution in [-0.2, 0) is 12.8 Å². The first-order valence-corrected chi connectivity index (χ1v) is 17.1. The van der Waals surface area contributed by atoms with Crippen molar-refractivity contribution in [1.29, 1.82) is 0 Å².